The number of nitrogens with one attached hydrogen (secondary N) is 1. The van der Waals surface area contributed by atoms with Gasteiger partial charge in [-0.1, -0.05) is 43.1 Å². The number of methoxy groups -OCH3 is 1. The molecule has 2 aromatic carbocycles. The third-order valence-electron chi connectivity index (χ3n) is 5.56. The summed E-state index contributed by atoms with van der Waals surface area (Å²) >= 11 is 12.6. The van der Waals surface area contributed by atoms with Crippen LogP contribution in [-0.2, 0) is 26.2 Å². The fourth-order valence-corrected chi connectivity index (χ4v) is 4.83. The number of amides is 2. The predicted octanol–water partition coefficient (Wildman–Crippen LogP) is 3.87. The van der Waals surface area contributed by atoms with Crippen LogP contribution in [-0.4, -0.2) is 62.6 Å². The fraction of sp³-hybridized carbons (Fsp3) is 0.417. The van der Waals surface area contributed by atoms with E-state index in [0.717, 1.165) is 23.3 Å². The third kappa shape index (κ3) is 7.95. The van der Waals surface area contributed by atoms with Crippen molar-refractivity contribution in [2.45, 2.75) is 33.4 Å². The average molecular weight is 589 g/mol. The van der Waals surface area contributed by atoms with E-state index >= 15 is 0 Å². The number of sulfonamides is 1. The smallest absolute Gasteiger partial charge is 0.271 e. The van der Waals surface area contributed by atoms with Gasteiger partial charge in [-0.25, -0.2) is 8.42 Å². The number of rotatable bonds is 12. The molecular weight excluding hydrogens is 559 g/mol. The molecule has 14 heteroatoms. The first-order valence-corrected chi connectivity index (χ1v) is 14.1. The van der Waals surface area contributed by atoms with Gasteiger partial charge in [0.25, 0.3) is 5.69 Å². The van der Waals surface area contributed by atoms with Crippen molar-refractivity contribution in [1.29, 1.82) is 0 Å². The van der Waals surface area contributed by atoms with Crippen LogP contribution >= 0.6 is 23.2 Å². The number of hydrogen-bond donors (Lipinski definition) is 1. The van der Waals surface area contributed by atoms with E-state index in [1.807, 2.05) is 13.8 Å². The third-order valence-corrected chi connectivity index (χ3v) is 7.40. The lowest BCUT2D eigenvalue weighted by atomic mass is 10.1. The second-order valence-electron chi connectivity index (χ2n) is 8.92. The summed E-state index contributed by atoms with van der Waals surface area (Å²) in [5.74, 6) is -1.09. The Bertz CT molecular complexity index is 1280. The molecular formula is C24H30Cl2N4O7S. The first-order valence-electron chi connectivity index (χ1n) is 11.5. The molecule has 1 N–H and O–H groups in total. The van der Waals surface area contributed by atoms with Crippen LogP contribution in [0.15, 0.2) is 36.4 Å². The largest absolute Gasteiger partial charge is 0.495 e. The number of anilines is 1. The minimum absolute atomic E-state index is 0.00255. The molecule has 0 radical (unpaired) electrons. The minimum atomic E-state index is -4.15. The molecule has 0 saturated carbocycles. The van der Waals surface area contributed by atoms with Crippen molar-refractivity contribution in [3.63, 3.8) is 0 Å². The molecule has 0 aliphatic rings. The minimum Gasteiger partial charge on any atom is -0.495 e. The van der Waals surface area contributed by atoms with Crippen LogP contribution in [0.25, 0.3) is 0 Å². The molecule has 0 heterocycles. The van der Waals surface area contributed by atoms with Crippen LogP contribution in [0.5, 0.6) is 5.75 Å². The van der Waals surface area contributed by atoms with E-state index in [9.17, 15) is 28.1 Å². The molecule has 0 fully saturated rings. The van der Waals surface area contributed by atoms with Crippen molar-refractivity contribution in [2.75, 3.05) is 30.8 Å². The Labute approximate surface area is 231 Å². The SMILES string of the molecule is COc1ccc([N+](=O)[O-])cc1N(CC(=O)N(Cc1c(Cl)cccc1Cl)[C@@H](C)C(=O)NCC(C)C)S(C)(=O)=O. The Balaban J connectivity index is 2.55. The highest BCUT2D eigenvalue weighted by Crippen LogP contribution is 2.34. The second-order valence-corrected chi connectivity index (χ2v) is 11.6. The summed E-state index contributed by atoms with van der Waals surface area (Å²) in [5.41, 5.74) is -0.236. The Morgan fingerprint density at radius 1 is 1.13 bits per heavy atom. The van der Waals surface area contributed by atoms with Gasteiger partial charge >= 0.3 is 0 Å². The number of nitro groups is 1. The van der Waals surface area contributed by atoms with Crippen LogP contribution in [0.1, 0.15) is 26.3 Å². The van der Waals surface area contributed by atoms with Gasteiger partial charge in [-0.05, 0) is 31.0 Å². The van der Waals surface area contributed by atoms with Crippen molar-refractivity contribution in [3.8, 4) is 5.75 Å². The summed E-state index contributed by atoms with van der Waals surface area (Å²) in [7, 11) is -2.88. The highest BCUT2D eigenvalue weighted by molar-refractivity contribution is 7.92. The van der Waals surface area contributed by atoms with Crippen LogP contribution in [0.3, 0.4) is 0 Å². The van der Waals surface area contributed by atoms with Gasteiger partial charge in [0.2, 0.25) is 21.8 Å². The van der Waals surface area contributed by atoms with Gasteiger partial charge in [0.15, 0.2) is 0 Å². The zero-order valence-electron chi connectivity index (χ0n) is 21.6. The quantitative estimate of drug-likeness (QED) is 0.293. The lowest BCUT2D eigenvalue weighted by molar-refractivity contribution is -0.384. The van der Waals surface area contributed by atoms with Crippen LogP contribution < -0.4 is 14.4 Å². The molecule has 1 atom stereocenters. The summed E-state index contributed by atoms with van der Waals surface area (Å²) in [6.45, 7) is 4.70. The topological polar surface area (TPSA) is 139 Å². The van der Waals surface area contributed by atoms with Gasteiger partial charge < -0.3 is 15.0 Å². The molecule has 2 amide bonds. The van der Waals surface area contributed by atoms with Crippen molar-refractivity contribution in [1.82, 2.24) is 10.2 Å². The number of benzene rings is 2. The Hall–Kier alpha value is -3.09. The van der Waals surface area contributed by atoms with E-state index in [1.54, 1.807) is 18.2 Å². The molecule has 0 aliphatic carbocycles. The number of carbonyl (C=O) groups excluding carboxylic acids is 2. The van der Waals surface area contributed by atoms with E-state index in [0.29, 0.717) is 16.4 Å². The molecule has 0 unspecified atom stereocenters. The summed E-state index contributed by atoms with van der Waals surface area (Å²) in [6.07, 6.45) is 0.854. The maximum Gasteiger partial charge on any atom is 0.271 e. The zero-order chi connectivity index (χ0) is 28.8. The molecule has 208 valence electrons. The van der Waals surface area contributed by atoms with Gasteiger partial charge in [-0.3, -0.25) is 24.0 Å². The van der Waals surface area contributed by atoms with Crippen molar-refractivity contribution in [2.24, 2.45) is 5.92 Å². The van der Waals surface area contributed by atoms with E-state index in [-0.39, 0.29) is 33.9 Å². The molecule has 0 saturated heterocycles. The van der Waals surface area contributed by atoms with Gasteiger partial charge in [0.05, 0.1) is 18.3 Å². The van der Waals surface area contributed by atoms with E-state index in [4.69, 9.17) is 27.9 Å². The predicted molar refractivity (Wildman–Crippen MR) is 146 cm³/mol. The number of ether oxygens (including phenoxy) is 1. The lowest BCUT2D eigenvalue weighted by Gasteiger charge is -2.32. The average Bonchev–Trinajstić information content (AvgIpc) is 2.84. The van der Waals surface area contributed by atoms with Crippen LogP contribution in [0.2, 0.25) is 10.0 Å². The molecule has 11 nitrogen and oxygen atoms in total. The number of non-ortho nitro benzene ring substituents is 1. The Morgan fingerprint density at radius 3 is 2.24 bits per heavy atom. The van der Waals surface area contributed by atoms with E-state index in [1.165, 1.54) is 20.1 Å². The Kier molecular flexibility index (Phi) is 10.7. The van der Waals surface area contributed by atoms with Crippen molar-refractivity contribution in [3.05, 3.63) is 62.1 Å². The van der Waals surface area contributed by atoms with Gasteiger partial charge in [0, 0.05) is 40.8 Å². The number of nitro benzene ring substituents is 1. The van der Waals surface area contributed by atoms with Crippen LogP contribution in [0.4, 0.5) is 11.4 Å². The number of hydrogen-bond acceptors (Lipinski definition) is 7. The van der Waals surface area contributed by atoms with Crippen LogP contribution in [0, 0.1) is 16.0 Å². The Morgan fingerprint density at radius 2 is 1.74 bits per heavy atom. The first kappa shape index (κ1) is 31.1. The number of nitrogens with zero attached hydrogens (tertiary/aromatic N) is 3. The summed E-state index contributed by atoms with van der Waals surface area (Å²) in [6, 6.07) is 7.12. The summed E-state index contributed by atoms with van der Waals surface area (Å²) < 4.78 is 31.5. The molecule has 0 bridgehead atoms. The van der Waals surface area contributed by atoms with E-state index < -0.39 is 45.0 Å². The first-order chi connectivity index (χ1) is 17.7. The second kappa shape index (κ2) is 13.1. The standard InChI is InChI=1S/C24H30Cl2N4O7S/c1-15(2)12-27-24(32)16(3)28(13-18-19(25)7-6-8-20(18)26)23(31)14-29(38(5,35)36)21-11-17(30(33)34)9-10-22(21)37-4/h6-11,15-16H,12-14H2,1-5H3,(H,27,32)/t16-/m0/s1. The molecule has 2 aromatic rings. The number of halogens is 2. The molecule has 0 aromatic heterocycles. The maximum absolute atomic E-state index is 13.7. The summed E-state index contributed by atoms with van der Waals surface area (Å²) in [5, 5.41) is 14.6. The lowest BCUT2D eigenvalue weighted by Crippen LogP contribution is -2.51. The van der Waals surface area contributed by atoms with Gasteiger partial charge in [0.1, 0.15) is 24.0 Å². The molecule has 0 aliphatic heterocycles. The zero-order valence-corrected chi connectivity index (χ0v) is 23.9. The molecule has 38 heavy (non-hydrogen) atoms. The van der Waals surface area contributed by atoms with Gasteiger partial charge in [-0.2, -0.15) is 0 Å². The summed E-state index contributed by atoms with van der Waals surface area (Å²) in [4.78, 5) is 38.4. The highest BCUT2D eigenvalue weighted by Gasteiger charge is 2.32. The molecule has 0 spiro atoms. The van der Waals surface area contributed by atoms with Crippen molar-refractivity contribution >= 4 is 56.4 Å². The fourth-order valence-electron chi connectivity index (χ4n) is 3.47. The normalized spacial score (nSPS) is 12.1. The molecule has 2 rings (SSSR count). The highest BCUT2D eigenvalue weighted by atomic mass is 35.5. The van der Waals surface area contributed by atoms with Gasteiger partial charge in [-0.15, -0.1) is 0 Å². The van der Waals surface area contributed by atoms with E-state index in [2.05, 4.69) is 5.32 Å². The maximum atomic E-state index is 13.7. The van der Waals surface area contributed by atoms with Crippen molar-refractivity contribution < 1.29 is 27.7 Å². The monoisotopic (exact) mass is 588 g/mol. The number of carbonyl (C=O) groups is 2.